The first kappa shape index (κ1) is 19.2. The van der Waals surface area contributed by atoms with E-state index in [1.807, 2.05) is 0 Å². The van der Waals surface area contributed by atoms with Crippen LogP contribution in [0.25, 0.3) is 0 Å². The van der Waals surface area contributed by atoms with Gasteiger partial charge in [-0.1, -0.05) is 12.8 Å². The molecule has 3 N–H and O–H groups in total. The Balaban J connectivity index is 1.87. The molecule has 25 heavy (non-hydrogen) atoms. The summed E-state index contributed by atoms with van der Waals surface area (Å²) in [6.07, 6.45) is 2.56. The molecule has 2 amide bonds. The molecule has 9 nitrogen and oxygen atoms in total. The smallest absolute Gasteiger partial charge is 0.408 e. The van der Waals surface area contributed by atoms with Gasteiger partial charge in [0.1, 0.15) is 18.4 Å². The molecule has 140 valence electrons. The number of alkyl carbamates (subject to hydrolysis) is 1. The normalized spacial score (nSPS) is 20.2. The van der Waals surface area contributed by atoms with Gasteiger partial charge in [-0.05, 0) is 12.3 Å². The van der Waals surface area contributed by atoms with E-state index in [1.54, 1.807) is 0 Å². The van der Waals surface area contributed by atoms with Crippen molar-refractivity contribution in [2.24, 2.45) is 5.92 Å². The zero-order valence-corrected chi connectivity index (χ0v) is 13.9. The molecule has 0 spiro atoms. The van der Waals surface area contributed by atoms with Crippen molar-refractivity contribution in [3.8, 4) is 0 Å². The monoisotopic (exact) mass is 356 g/mol. The Bertz CT molecular complexity index is 501. The van der Waals surface area contributed by atoms with E-state index < -0.39 is 36.5 Å². The summed E-state index contributed by atoms with van der Waals surface area (Å²) in [6.45, 7) is 1.06. The number of amides is 2. The number of hydrogen-bond acceptors (Lipinski definition) is 6. The fourth-order valence-electron chi connectivity index (χ4n) is 2.64. The lowest BCUT2D eigenvalue weighted by molar-refractivity contribution is -0.139. The van der Waals surface area contributed by atoms with Crippen LogP contribution < -0.4 is 10.6 Å². The molecule has 1 saturated heterocycles. The van der Waals surface area contributed by atoms with E-state index in [1.165, 1.54) is 0 Å². The van der Waals surface area contributed by atoms with E-state index in [9.17, 15) is 19.2 Å². The second-order valence-electron chi connectivity index (χ2n) is 6.44. The minimum atomic E-state index is -1.19. The Morgan fingerprint density at radius 1 is 1.16 bits per heavy atom. The van der Waals surface area contributed by atoms with Crippen LogP contribution in [0.4, 0.5) is 4.79 Å². The maximum atomic E-state index is 12.3. The Hall–Kier alpha value is -2.16. The van der Waals surface area contributed by atoms with Gasteiger partial charge in [0.15, 0.2) is 0 Å². The summed E-state index contributed by atoms with van der Waals surface area (Å²) in [5.74, 6) is -1.43. The van der Waals surface area contributed by atoms with E-state index in [0.717, 1.165) is 12.8 Å². The second kappa shape index (κ2) is 9.36. The van der Waals surface area contributed by atoms with Crippen LogP contribution in [0.15, 0.2) is 0 Å². The molecule has 2 rings (SSSR count). The summed E-state index contributed by atoms with van der Waals surface area (Å²) in [6, 6.07) is -1.98. The summed E-state index contributed by atoms with van der Waals surface area (Å²) in [7, 11) is 0. The number of carboxylic acid groups (broad SMARTS) is 1. The highest BCUT2D eigenvalue weighted by molar-refractivity contribution is 5.88. The lowest BCUT2D eigenvalue weighted by Gasteiger charge is -2.24. The van der Waals surface area contributed by atoms with E-state index in [-0.39, 0.29) is 6.10 Å². The van der Waals surface area contributed by atoms with Gasteiger partial charge in [0.2, 0.25) is 5.91 Å². The number of hydrogen-bond donors (Lipinski definition) is 3. The highest BCUT2D eigenvalue weighted by atomic mass is 16.6. The molecular formula is C16H24N2O7. The van der Waals surface area contributed by atoms with Gasteiger partial charge in [0.05, 0.1) is 25.7 Å². The molecule has 0 aromatic carbocycles. The highest BCUT2D eigenvalue weighted by Crippen LogP contribution is 2.33. The van der Waals surface area contributed by atoms with Crippen molar-refractivity contribution in [3.63, 3.8) is 0 Å². The van der Waals surface area contributed by atoms with Gasteiger partial charge >= 0.3 is 12.1 Å². The molecule has 2 aliphatic rings. The summed E-state index contributed by atoms with van der Waals surface area (Å²) >= 11 is 0. The van der Waals surface area contributed by atoms with Gasteiger partial charge in [-0.2, -0.15) is 0 Å². The summed E-state index contributed by atoms with van der Waals surface area (Å²) < 4.78 is 10.5. The first-order valence-corrected chi connectivity index (χ1v) is 8.50. The van der Waals surface area contributed by atoms with Crippen molar-refractivity contribution in [2.75, 3.05) is 13.2 Å². The van der Waals surface area contributed by atoms with Crippen LogP contribution in [0.1, 0.15) is 38.5 Å². The van der Waals surface area contributed by atoms with Gasteiger partial charge in [0, 0.05) is 12.8 Å². The molecule has 0 unspecified atom stereocenters. The lowest BCUT2D eigenvalue weighted by Crippen LogP contribution is -2.51. The third-order valence-corrected chi connectivity index (χ3v) is 4.20. The van der Waals surface area contributed by atoms with E-state index in [0.29, 0.717) is 44.7 Å². The number of carboxylic acids is 1. The minimum absolute atomic E-state index is 0.242. The van der Waals surface area contributed by atoms with Gasteiger partial charge in [0.25, 0.3) is 0 Å². The SMILES string of the molecule is O=C[C@@H](CC(=O)O)NC(=O)[C@H](CC1CC1)NC(=O)OC1CCOCC1. The minimum Gasteiger partial charge on any atom is -0.481 e. The van der Waals surface area contributed by atoms with Crippen molar-refractivity contribution in [3.05, 3.63) is 0 Å². The first-order chi connectivity index (χ1) is 12.0. The Morgan fingerprint density at radius 2 is 1.84 bits per heavy atom. The second-order valence-corrected chi connectivity index (χ2v) is 6.44. The van der Waals surface area contributed by atoms with Crippen molar-refractivity contribution in [1.29, 1.82) is 0 Å². The summed E-state index contributed by atoms with van der Waals surface area (Å²) in [5.41, 5.74) is 0. The van der Waals surface area contributed by atoms with E-state index in [4.69, 9.17) is 14.6 Å². The van der Waals surface area contributed by atoms with Gasteiger partial charge in [-0.15, -0.1) is 0 Å². The Morgan fingerprint density at radius 3 is 2.40 bits per heavy atom. The standard InChI is InChI=1S/C16H24N2O7/c19-9-11(8-14(20)21)17-15(22)13(7-10-1-2-10)18-16(23)25-12-3-5-24-6-4-12/h9-13H,1-8H2,(H,17,22)(H,18,23)(H,20,21)/t11-,13+/m1/s1. The van der Waals surface area contributed by atoms with Crippen LogP contribution >= 0.6 is 0 Å². The number of nitrogens with one attached hydrogen (secondary N) is 2. The van der Waals surface area contributed by atoms with Crippen LogP contribution in [0.3, 0.4) is 0 Å². The molecule has 1 aliphatic carbocycles. The molecule has 1 heterocycles. The lowest BCUT2D eigenvalue weighted by atomic mass is 10.1. The molecule has 0 aromatic rings. The molecule has 1 aliphatic heterocycles. The van der Waals surface area contributed by atoms with Crippen LogP contribution in [-0.4, -0.2) is 60.8 Å². The summed E-state index contributed by atoms with van der Waals surface area (Å²) in [4.78, 5) is 46.0. The maximum Gasteiger partial charge on any atom is 0.408 e. The van der Waals surface area contributed by atoms with Crippen LogP contribution in [0.2, 0.25) is 0 Å². The van der Waals surface area contributed by atoms with Crippen LogP contribution in [0.5, 0.6) is 0 Å². The molecule has 2 fully saturated rings. The van der Waals surface area contributed by atoms with Gasteiger partial charge in [-0.3, -0.25) is 9.59 Å². The highest BCUT2D eigenvalue weighted by Gasteiger charge is 2.32. The molecule has 2 atom stereocenters. The van der Waals surface area contributed by atoms with Crippen molar-refractivity contribution in [1.82, 2.24) is 10.6 Å². The van der Waals surface area contributed by atoms with Crippen molar-refractivity contribution in [2.45, 2.75) is 56.7 Å². The van der Waals surface area contributed by atoms with Crippen LogP contribution in [0, 0.1) is 5.92 Å². The fourth-order valence-corrected chi connectivity index (χ4v) is 2.64. The first-order valence-electron chi connectivity index (χ1n) is 8.50. The predicted molar refractivity (Wildman–Crippen MR) is 84.8 cm³/mol. The molecule has 0 radical (unpaired) electrons. The predicted octanol–water partition coefficient (Wildman–Crippen LogP) is 0.219. The molecule has 0 aromatic heterocycles. The van der Waals surface area contributed by atoms with Crippen molar-refractivity contribution < 1.29 is 33.8 Å². The molecule has 0 bridgehead atoms. The third-order valence-electron chi connectivity index (χ3n) is 4.20. The number of aldehydes is 1. The Labute approximate surface area is 145 Å². The van der Waals surface area contributed by atoms with Gasteiger partial charge < -0.3 is 30.0 Å². The van der Waals surface area contributed by atoms with Crippen LogP contribution in [-0.2, 0) is 23.9 Å². The quantitative estimate of drug-likeness (QED) is 0.504. The largest absolute Gasteiger partial charge is 0.481 e. The molecule has 9 heteroatoms. The van der Waals surface area contributed by atoms with Crippen molar-refractivity contribution >= 4 is 24.3 Å². The summed E-state index contributed by atoms with van der Waals surface area (Å²) in [5, 5.41) is 13.6. The maximum absolute atomic E-state index is 12.3. The average molecular weight is 356 g/mol. The van der Waals surface area contributed by atoms with Gasteiger partial charge in [-0.25, -0.2) is 4.79 Å². The number of carbonyl (C=O) groups is 4. The van der Waals surface area contributed by atoms with E-state index >= 15 is 0 Å². The third kappa shape index (κ3) is 7.08. The number of carbonyl (C=O) groups excluding carboxylic acids is 3. The van der Waals surface area contributed by atoms with E-state index in [2.05, 4.69) is 10.6 Å². The zero-order valence-electron chi connectivity index (χ0n) is 13.9. The molecule has 1 saturated carbocycles. The topological polar surface area (TPSA) is 131 Å². The number of ether oxygens (including phenoxy) is 2. The molecular weight excluding hydrogens is 332 g/mol. The zero-order chi connectivity index (χ0) is 18.2. The Kier molecular flexibility index (Phi) is 7.17. The average Bonchev–Trinajstić information content (AvgIpc) is 3.38. The number of aliphatic carboxylic acids is 1. The fraction of sp³-hybridized carbons (Fsp3) is 0.750. The number of rotatable bonds is 9.